The number of likely N-dealkylation sites (N-methyl/N-ethyl adjacent to an activating group) is 1. The highest BCUT2D eigenvalue weighted by Crippen LogP contribution is 2.40. The maximum atomic E-state index is 6.00. The van der Waals surface area contributed by atoms with Crippen molar-refractivity contribution in [2.24, 2.45) is 0 Å². The average molecular weight is 267 g/mol. The van der Waals surface area contributed by atoms with Gasteiger partial charge in [-0.3, -0.25) is 0 Å². The molecule has 2 aromatic carbocycles. The molecule has 0 bridgehead atoms. The van der Waals surface area contributed by atoms with Crippen molar-refractivity contribution in [2.45, 2.75) is 19.3 Å². The molecule has 20 heavy (non-hydrogen) atoms. The molecule has 0 fully saturated rings. The number of ether oxygens (including phenoxy) is 1. The Balaban J connectivity index is 2.07. The zero-order valence-electron chi connectivity index (χ0n) is 12.1. The summed E-state index contributed by atoms with van der Waals surface area (Å²) in [6, 6.07) is 15.1. The minimum atomic E-state index is 0.550. The Labute approximate surface area is 120 Å². The largest absolute Gasteiger partial charge is 0.493 e. The summed E-state index contributed by atoms with van der Waals surface area (Å²) in [5.74, 6) is 1.62. The lowest BCUT2D eigenvalue weighted by molar-refractivity contribution is 0.267. The van der Waals surface area contributed by atoms with E-state index in [1.807, 2.05) is 7.05 Å². The van der Waals surface area contributed by atoms with E-state index in [-0.39, 0.29) is 0 Å². The number of fused-ring (bicyclic) bond motifs is 1. The second-order valence-corrected chi connectivity index (χ2v) is 5.49. The monoisotopic (exact) mass is 267 g/mol. The minimum Gasteiger partial charge on any atom is -0.493 e. The fraction of sp³-hybridized carbons (Fsp3) is 0.333. The highest BCUT2D eigenvalue weighted by Gasteiger charge is 2.23. The summed E-state index contributed by atoms with van der Waals surface area (Å²) in [5.41, 5.74) is 5.08. The van der Waals surface area contributed by atoms with Gasteiger partial charge in [0.2, 0.25) is 0 Å². The normalized spacial score (nSPS) is 17.4. The van der Waals surface area contributed by atoms with E-state index in [0.29, 0.717) is 5.92 Å². The number of benzene rings is 2. The van der Waals surface area contributed by atoms with E-state index in [1.54, 1.807) is 0 Å². The van der Waals surface area contributed by atoms with Gasteiger partial charge in [0.1, 0.15) is 5.75 Å². The molecule has 1 aliphatic rings. The van der Waals surface area contributed by atoms with Crippen molar-refractivity contribution >= 4 is 0 Å². The number of para-hydroxylation sites is 1. The molecule has 0 aliphatic carbocycles. The van der Waals surface area contributed by atoms with Crippen molar-refractivity contribution in [3.05, 3.63) is 53.6 Å². The summed E-state index contributed by atoms with van der Waals surface area (Å²) >= 11 is 0. The van der Waals surface area contributed by atoms with Crippen LogP contribution in [0.25, 0.3) is 11.1 Å². The smallest absolute Gasteiger partial charge is 0.130 e. The fourth-order valence-corrected chi connectivity index (χ4v) is 2.99. The number of hydrogen-bond acceptors (Lipinski definition) is 2. The maximum Gasteiger partial charge on any atom is 0.130 e. The Bertz CT molecular complexity index is 606. The van der Waals surface area contributed by atoms with Gasteiger partial charge in [-0.15, -0.1) is 0 Å². The first kappa shape index (κ1) is 13.2. The van der Waals surface area contributed by atoms with Gasteiger partial charge >= 0.3 is 0 Å². The molecular weight excluding hydrogens is 246 g/mol. The van der Waals surface area contributed by atoms with Gasteiger partial charge in [-0.2, -0.15) is 0 Å². The third kappa shape index (κ3) is 2.44. The Morgan fingerprint density at radius 2 is 2.05 bits per heavy atom. The second-order valence-electron chi connectivity index (χ2n) is 5.49. The van der Waals surface area contributed by atoms with Gasteiger partial charge in [0.25, 0.3) is 0 Å². The Morgan fingerprint density at radius 1 is 1.20 bits per heavy atom. The summed E-state index contributed by atoms with van der Waals surface area (Å²) in [4.78, 5) is 0. The second kappa shape index (κ2) is 5.68. The van der Waals surface area contributed by atoms with E-state index in [1.165, 1.54) is 22.3 Å². The van der Waals surface area contributed by atoms with Crippen molar-refractivity contribution in [1.29, 1.82) is 0 Å². The first-order valence-corrected chi connectivity index (χ1v) is 7.27. The summed E-state index contributed by atoms with van der Waals surface area (Å²) in [7, 11) is 2.01. The summed E-state index contributed by atoms with van der Waals surface area (Å²) in [5, 5.41) is 3.29. The standard InChI is InChI=1S/C18H21NO/c1-13-5-3-6-14(11-13)16-7-4-8-17-15(12-19-2)9-10-20-18(16)17/h3-8,11,15,19H,9-10,12H2,1-2H3/t15-/m0/s1. The van der Waals surface area contributed by atoms with Crippen LogP contribution < -0.4 is 10.1 Å². The zero-order chi connectivity index (χ0) is 13.9. The van der Waals surface area contributed by atoms with Gasteiger partial charge in [-0.1, -0.05) is 48.0 Å². The van der Waals surface area contributed by atoms with Crippen LogP contribution in [-0.2, 0) is 0 Å². The molecule has 0 saturated heterocycles. The van der Waals surface area contributed by atoms with E-state index in [0.717, 1.165) is 25.3 Å². The van der Waals surface area contributed by atoms with Gasteiger partial charge in [0.05, 0.1) is 6.61 Å². The lowest BCUT2D eigenvalue weighted by atomic mass is 9.89. The van der Waals surface area contributed by atoms with Crippen molar-refractivity contribution in [3.63, 3.8) is 0 Å². The Hall–Kier alpha value is -1.80. The first-order valence-electron chi connectivity index (χ1n) is 7.27. The zero-order valence-corrected chi connectivity index (χ0v) is 12.1. The predicted molar refractivity (Wildman–Crippen MR) is 83.4 cm³/mol. The number of rotatable bonds is 3. The quantitative estimate of drug-likeness (QED) is 0.914. The predicted octanol–water partition coefficient (Wildman–Crippen LogP) is 3.75. The average Bonchev–Trinajstić information content (AvgIpc) is 2.47. The molecule has 0 aromatic heterocycles. The molecule has 0 saturated carbocycles. The third-order valence-electron chi connectivity index (χ3n) is 3.98. The van der Waals surface area contributed by atoms with Crippen LogP contribution in [0.3, 0.4) is 0 Å². The molecule has 2 nitrogen and oxygen atoms in total. The molecular formula is C18H21NO. The lowest BCUT2D eigenvalue weighted by Gasteiger charge is -2.27. The topological polar surface area (TPSA) is 21.3 Å². The van der Waals surface area contributed by atoms with Crippen molar-refractivity contribution < 1.29 is 4.74 Å². The molecule has 0 unspecified atom stereocenters. The fourth-order valence-electron chi connectivity index (χ4n) is 2.99. The number of aryl methyl sites for hydroxylation is 1. The van der Waals surface area contributed by atoms with E-state index in [2.05, 4.69) is 54.7 Å². The maximum absolute atomic E-state index is 6.00. The Kier molecular flexibility index (Phi) is 3.75. The van der Waals surface area contributed by atoms with Gasteiger partial charge in [-0.25, -0.2) is 0 Å². The highest BCUT2D eigenvalue weighted by molar-refractivity contribution is 5.73. The van der Waals surface area contributed by atoms with Crippen LogP contribution >= 0.6 is 0 Å². The molecule has 1 heterocycles. The van der Waals surface area contributed by atoms with Crippen LogP contribution in [0.2, 0.25) is 0 Å². The van der Waals surface area contributed by atoms with Crippen LogP contribution in [0.5, 0.6) is 5.75 Å². The molecule has 2 aromatic rings. The molecule has 0 amide bonds. The summed E-state index contributed by atoms with van der Waals surface area (Å²) < 4.78 is 6.00. The third-order valence-corrected chi connectivity index (χ3v) is 3.98. The van der Waals surface area contributed by atoms with Gasteiger partial charge in [-0.05, 0) is 31.5 Å². The van der Waals surface area contributed by atoms with E-state index >= 15 is 0 Å². The molecule has 3 rings (SSSR count). The number of nitrogens with one attached hydrogen (secondary N) is 1. The molecule has 0 spiro atoms. The first-order chi connectivity index (χ1) is 9.79. The van der Waals surface area contributed by atoms with E-state index in [9.17, 15) is 0 Å². The molecule has 1 aliphatic heterocycles. The van der Waals surface area contributed by atoms with Crippen LogP contribution in [0.1, 0.15) is 23.5 Å². The van der Waals surface area contributed by atoms with Crippen LogP contribution in [0.15, 0.2) is 42.5 Å². The van der Waals surface area contributed by atoms with Crippen LogP contribution in [-0.4, -0.2) is 20.2 Å². The Morgan fingerprint density at radius 3 is 2.85 bits per heavy atom. The summed E-state index contributed by atoms with van der Waals surface area (Å²) in [6.07, 6.45) is 1.09. The van der Waals surface area contributed by atoms with Crippen molar-refractivity contribution in [1.82, 2.24) is 5.32 Å². The number of hydrogen-bond donors (Lipinski definition) is 1. The van der Waals surface area contributed by atoms with E-state index < -0.39 is 0 Å². The van der Waals surface area contributed by atoms with E-state index in [4.69, 9.17) is 4.74 Å². The lowest BCUT2D eigenvalue weighted by Crippen LogP contribution is -2.23. The van der Waals surface area contributed by atoms with Crippen molar-refractivity contribution in [2.75, 3.05) is 20.2 Å². The molecule has 104 valence electrons. The SMILES string of the molecule is CNC[C@@H]1CCOc2c(-c3cccc(C)c3)cccc21. The summed E-state index contributed by atoms with van der Waals surface area (Å²) in [6.45, 7) is 3.94. The molecule has 1 N–H and O–H groups in total. The molecule has 2 heteroatoms. The van der Waals surface area contributed by atoms with Gasteiger partial charge in [0, 0.05) is 18.0 Å². The molecule has 0 radical (unpaired) electrons. The van der Waals surface area contributed by atoms with Gasteiger partial charge in [0.15, 0.2) is 0 Å². The highest BCUT2D eigenvalue weighted by atomic mass is 16.5. The molecule has 1 atom stereocenters. The van der Waals surface area contributed by atoms with Crippen LogP contribution in [0, 0.1) is 6.92 Å². The van der Waals surface area contributed by atoms with Crippen molar-refractivity contribution in [3.8, 4) is 16.9 Å². The minimum absolute atomic E-state index is 0.550. The van der Waals surface area contributed by atoms with Crippen LogP contribution in [0.4, 0.5) is 0 Å². The van der Waals surface area contributed by atoms with Gasteiger partial charge < -0.3 is 10.1 Å².